The molecule has 2 rings (SSSR count). The van der Waals surface area contributed by atoms with Crippen molar-refractivity contribution in [3.05, 3.63) is 0 Å². The van der Waals surface area contributed by atoms with Crippen LogP contribution in [0.3, 0.4) is 0 Å². The van der Waals surface area contributed by atoms with Gasteiger partial charge in [-0.3, -0.25) is 9.59 Å². The molecule has 78 valence electrons. The molecule has 2 bridgehead atoms. The molecule has 0 N–H and O–H groups in total. The van der Waals surface area contributed by atoms with E-state index in [1.54, 1.807) is 0 Å². The number of methoxy groups -OCH3 is 1. The summed E-state index contributed by atoms with van der Waals surface area (Å²) < 4.78 is 9.86. The highest BCUT2D eigenvalue weighted by Crippen LogP contribution is 2.38. The second-order valence-corrected chi connectivity index (χ2v) is 3.92. The molecule has 1 saturated heterocycles. The highest BCUT2D eigenvalue weighted by atomic mass is 16.6. The molecule has 0 unspecified atom stereocenters. The molecule has 0 radical (unpaired) electrons. The van der Waals surface area contributed by atoms with Crippen molar-refractivity contribution >= 4 is 11.9 Å². The Labute approximate surface area is 82.6 Å². The van der Waals surface area contributed by atoms with Crippen molar-refractivity contribution in [2.45, 2.75) is 31.8 Å². The Bertz CT molecular complexity index is 261. The van der Waals surface area contributed by atoms with Crippen LogP contribution in [0.2, 0.25) is 0 Å². The smallest absolute Gasteiger partial charge is 0.313 e. The summed E-state index contributed by atoms with van der Waals surface area (Å²) in [5.41, 5.74) is 0. The molecular weight excluding hydrogens is 184 g/mol. The Morgan fingerprint density at radius 2 is 2.14 bits per heavy atom. The second-order valence-electron chi connectivity index (χ2n) is 3.92. The molecule has 1 heterocycles. The maximum absolute atomic E-state index is 11.5. The van der Waals surface area contributed by atoms with Gasteiger partial charge in [0.2, 0.25) is 0 Å². The zero-order valence-electron chi connectivity index (χ0n) is 8.19. The summed E-state index contributed by atoms with van der Waals surface area (Å²) in [7, 11) is 1.36. The van der Waals surface area contributed by atoms with Gasteiger partial charge in [0.25, 0.3) is 0 Å². The first-order chi connectivity index (χ1) is 6.74. The van der Waals surface area contributed by atoms with Gasteiger partial charge in [-0.05, 0) is 19.3 Å². The number of hydrogen-bond donors (Lipinski definition) is 0. The third kappa shape index (κ3) is 1.38. The average molecular weight is 198 g/mol. The predicted molar refractivity (Wildman–Crippen MR) is 47.3 cm³/mol. The van der Waals surface area contributed by atoms with Crippen LogP contribution in [0.5, 0.6) is 0 Å². The Balaban J connectivity index is 2.21. The van der Waals surface area contributed by atoms with Crippen LogP contribution in [0.1, 0.15) is 25.7 Å². The first-order valence-electron chi connectivity index (χ1n) is 5.02. The van der Waals surface area contributed by atoms with Gasteiger partial charge in [-0.1, -0.05) is 6.42 Å². The fourth-order valence-electron chi connectivity index (χ4n) is 2.41. The van der Waals surface area contributed by atoms with Crippen LogP contribution in [0.4, 0.5) is 0 Å². The SMILES string of the molecule is COC(=O)[C@H]1[C@@H]2CCCC[C@@H]1C(=O)O2. The highest BCUT2D eigenvalue weighted by Gasteiger charge is 2.49. The Kier molecular flexibility index (Phi) is 2.44. The summed E-state index contributed by atoms with van der Waals surface area (Å²) in [5.74, 6) is -1.12. The zero-order valence-corrected chi connectivity index (χ0v) is 8.19. The van der Waals surface area contributed by atoms with Gasteiger partial charge in [0, 0.05) is 0 Å². The van der Waals surface area contributed by atoms with E-state index in [2.05, 4.69) is 0 Å². The quantitative estimate of drug-likeness (QED) is 0.587. The Hall–Kier alpha value is -1.06. The van der Waals surface area contributed by atoms with E-state index in [0.717, 1.165) is 25.7 Å². The number of fused-ring (bicyclic) bond motifs is 2. The normalized spacial score (nSPS) is 36.1. The van der Waals surface area contributed by atoms with E-state index in [1.807, 2.05) is 0 Å². The third-order valence-corrected chi connectivity index (χ3v) is 3.13. The minimum atomic E-state index is -0.352. The predicted octanol–water partition coefficient (Wildman–Crippen LogP) is 0.891. The molecule has 2 fully saturated rings. The standard InChI is InChI=1S/C10H14O4/c1-13-10(12)8-6-4-2-3-5-7(8)14-9(6)11/h6-8H,2-5H2,1H3/t6-,7-,8+/m0/s1. The van der Waals surface area contributed by atoms with Crippen LogP contribution in [-0.4, -0.2) is 25.2 Å². The van der Waals surface area contributed by atoms with E-state index in [-0.39, 0.29) is 29.9 Å². The molecule has 0 aromatic rings. The van der Waals surface area contributed by atoms with Crippen LogP contribution in [0.15, 0.2) is 0 Å². The van der Waals surface area contributed by atoms with E-state index in [9.17, 15) is 9.59 Å². The lowest BCUT2D eigenvalue weighted by Gasteiger charge is -2.14. The van der Waals surface area contributed by atoms with E-state index in [0.29, 0.717) is 0 Å². The van der Waals surface area contributed by atoms with Crippen molar-refractivity contribution in [2.75, 3.05) is 7.11 Å². The van der Waals surface area contributed by atoms with Crippen LogP contribution >= 0.6 is 0 Å². The molecule has 4 heteroatoms. The van der Waals surface area contributed by atoms with Crippen LogP contribution in [-0.2, 0) is 19.1 Å². The molecule has 1 aliphatic heterocycles. The molecule has 1 aliphatic carbocycles. The molecule has 4 nitrogen and oxygen atoms in total. The van der Waals surface area contributed by atoms with E-state index < -0.39 is 0 Å². The molecule has 3 atom stereocenters. The zero-order chi connectivity index (χ0) is 10.1. The average Bonchev–Trinajstić information content (AvgIpc) is 2.37. The summed E-state index contributed by atoms with van der Waals surface area (Å²) in [4.78, 5) is 22.9. The molecule has 0 aromatic heterocycles. The first kappa shape index (κ1) is 9.49. The lowest BCUT2D eigenvalue weighted by atomic mass is 9.89. The molecule has 0 aromatic carbocycles. The Morgan fingerprint density at radius 3 is 2.86 bits per heavy atom. The summed E-state index contributed by atoms with van der Waals surface area (Å²) >= 11 is 0. The van der Waals surface area contributed by atoms with Gasteiger partial charge in [0.15, 0.2) is 0 Å². The number of rotatable bonds is 1. The Morgan fingerprint density at radius 1 is 1.43 bits per heavy atom. The van der Waals surface area contributed by atoms with Crippen molar-refractivity contribution in [1.29, 1.82) is 0 Å². The van der Waals surface area contributed by atoms with Crippen molar-refractivity contribution in [3.63, 3.8) is 0 Å². The number of hydrogen-bond acceptors (Lipinski definition) is 4. The largest absolute Gasteiger partial charge is 0.469 e. The summed E-state index contributed by atoms with van der Waals surface area (Å²) in [6.07, 6.45) is 3.35. The molecular formula is C10H14O4. The van der Waals surface area contributed by atoms with Gasteiger partial charge in [-0.15, -0.1) is 0 Å². The van der Waals surface area contributed by atoms with Crippen molar-refractivity contribution in [2.24, 2.45) is 11.8 Å². The van der Waals surface area contributed by atoms with Crippen molar-refractivity contribution < 1.29 is 19.1 Å². The lowest BCUT2D eigenvalue weighted by Crippen LogP contribution is -2.29. The molecule has 0 amide bonds. The fraction of sp³-hybridized carbons (Fsp3) is 0.800. The van der Waals surface area contributed by atoms with Gasteiger partial charge < -0.3 is 9.47 Å². The minimum Gasteiger partial charge on any atom is -0.469 e. The van der Waals surface area contributed by atoms with Crippen LogP contribution in [0, 0.1) is 11.8 Å². The van der Waals surface area contributed by atoms with E-state index in [1.165, 1.54) is 7.11 Å². The maximum atomic E-state index is 11.5. The number of carbonyl (C=O) groups is 2. The van der Waals surface area contributed by atoms with Crippen LogP contribution in [0.25, 0.3) is 0 Å². The number of carbonyl (C=O) groups excluding carboxylic acids is 2. The van der Waals surface area contributed by atoms with Crippen LogP contribution < -0.4 is 0 Å². The number of esters is 2. The van der Waals surface area contributed by atoms with Gasteiger partial charge in [-0.2, -0.15) is 0 Å². The minimum absolute atomic E-state index is 0.217. The topological polar surface area (TPSA) is 52.6 Å². The highest BCUT2D eigenvalue weighted by molar-refractivity contribution is 5.85. The first-order valence-corrected chi connectivity index (χ1v) is 5.02. The lowest BCUT2D eigenvalue weighted by molar-refractivity contribution is -0.148. The van der Waals surface area contributed by atoms with Gasteiger partial charge in [0.1, 0.15) is 12.0 Å². The molecule has 1 saturated carbocycles. The van der Waals surface area contributed by atoms with Gasteiger partial charge >= 0.3 is 11.9 Å². The number of ether oxygens (including phenoxy) is 2. The second kappa shape index (κ2) is 3.59. The summed E-state index contributed by atoms with van der Waals surface area (Å²) in [6, 6.07) is 0. The van der Waals surface area contributed by atoms with Crippen molar-refractivity contribution in [1.82, 2.24) is 0 Å². The fourth-order valence-corrected chi connectivity index (χ4v) is 2.41. The third-order valence-electron chi connectivity index (χ3n) is 3.13. The van der Waals surface area contributed by atoms with Crippen molar-refractivity contribution in [3.8, 4) is 0 Å². The summed E-state index contributed by atoms with van der Waals surface area (Å²) in [6.45, 7) is 0. The molecule has 14 heavy (non-hydrogen) atoms. The molecule has 0 spiro atoms. The van der Waals surface area contributed by atoms with Gasteiger partial charge in [-0.25, -0.2) is 0 Å². The van der Waals surface area contributed by atoms with Gasteiger partial charge in [0.05, 0.1) is 13.0 Å². The van der Waals surface area contributed by atoms with E-state index in [4.69, 9.17) is 9.47 Å². The summed E-state index contributed by atoms with van der Waals surface area (Å²) in [5, 5.41) is 0. The molecule has 2 aliphatic rings. The van der Waals surface area contributed by atoms with E-state index >= 15 is 0 Å². The monoisotopic (exact) mass is 198 g/mol. The maximum Gasteiger partial charge on any atom is 0.313 e.